The van der Waals surface area contributed by atoms with Gasteiger partial charge in [-0.3, -0.25) is 4.90 Å². The first kappa shape index (κ1) is 38.7. The Kier molecular flexibility index (Phi) is 13.7. The largest absolute Gasteiger partial charge is 0.497 e. The SMILES string of the molecule is CCCCN(C(=O)OC1(C(C)C)C=CC(OC)=CC1(C)OC)c1ccnc(Nc2cc(OC)c(OC)c(OCCCN3CCN(C)CC3)c2)n1. The topological polar surface area (TPSA) is 120 Å². The molecule has 0 spiro atoms. The molecule has 276 valence electrons. The molecule has 1 N–H and O–H groups in total. The van der Waals surface area contributed by atoms with Crippen LogP contribution in [0.3, 0.4) is 0 Å². The smallest absolute Gasteiger partial charge is 0.416 e. The van der Waals surface area contributed by atoms with Crippen molar-refractivity contribution in [3.05, 3.63) is 48.4 Å². The number of hydrogen-bond donors (Lipinski definition) is 1. The fourth-order valence-electron chi connectivity index (χ4n) is 6.32. The van der Waals surface area contributed by atoms with Crippen LogP contribution >= 0.6 is 0 Å². The lowest BCUT2D eigenvalue weighted by atomic mass is 9.72. The van der Waals surface area contributed by atoms with Crippen molar-refractivity contribution in [2.75, 3.05) is 91.6 Å². The molecule has 2 aromatic rings. The second-order valence-corrected chi connectivity index (χ2v) is 13.1. The third-order valence-electron chi connectivity index (χ3n) is 9.51. The second kappa shape index (κ2) is 17.7. The lowest BCUT2D eigenvalue weighted by Gasteiger charge is -2.48. The molecule has 1 fully saturated rings. The van der Waals surface area contributed by atoms with Gasteiger partial charge < -0.3 is 43.5 Å². The standard InChI is InChI=1S/C37H56N6O7/c1-10-11-18-43(35(44)50-37(27(2)3)15-13-29(45-6)26-36(37,4)48-9)32-14-16-38-34(40-32)39-28-24-30(46-7)33(47-8)31(25-28)49-23-12-17-42-21-19-41(5)20-22-42/h13-16,24-27H,10-12,17-23H2,1-9H3,(H,38,39,40). The summed E-state index contributed by atoms with van der Waals surface area (Å²) in [5.74, 6) is 2.73. The van der Waals surface area contributed by atoms with Crippen molar-refractivity contribution in [1.82, 2.24) is 19.8 Å². The number of anilines is 3. The summed E-state index contributed by atoms with van der Waals surface area (Å²) in [7, 11) is 8.53. The Morgan fingerprint density at radius 3 is 2.42 bits per heavy atom. The number of nitrogens with one attached hydrogen (secondary N) is 1. The van der Waals surface area contributed by atoms with E-state index in [-0.39, 0.29) is 11.9 Å². The molecule has 0 saturated carbocycles. The molecule has 13 heteroatoms. The fourth-order valence-corrected chi connectivity index (χ4v) is 6.32. The molecular formula is C37H56N6O7. The van der Waals surface area contributed by atoms with Crippen molar-refractivity contribution in [2.24, 2.45) is 5.92 Å². The van der Waals surface area contributed by atoms with Crippen LogP contribution in [-0.4, -0.2) is 118 Å². The number of carbonyl (C=O) groups excluding carboxylic acids is 1. The first-order valence-corrected chi connectivity index (χ1v) is 17.4. The Balaban J connectivity index is 1.55. The molecule has 4 rings (SSSR count). The van der Waals surface area contributed by atoms with Gasteiger partial charge in [-0.25, -0.2) is 9.78 Å². The van der Waals surface area contributed by atoms with Crippen molar-refractivity contribution in [3.63, 3.8) is 0 Å². The van der Waals surface area contributed by atoms with Gasteiger partial charge in [0.05, 0.1) is 27.9 Å². The highest BCUT2D eigenvalue weighted by molar-refractivity contribution is 5.87. The van der Waals surface area contributed by atoms with E-state index in [4.69, 9.17) is 33.4 Å². The molecule has 0 radical (unpaired) electrons. The Hall–Kier alpha value is -4.07. The number of allylic oxidation sites excluding steroid dienone is 1. The van der Waals surface area contributed by atoms with Crippen LogP contribution in [0.4, 0.5) is 22.2 Å². The summed E-state index contributed by atoms with van der Waals surface area (Å²) in [6, 6.07) is 5.33. The van der Waals surface area contributed by atoms with Gasteiger partial charge in [0.25, 0.3) is 0 Å². The normalized spacial score (nSPS) is 21.0. The van der Waals surface area contributed by atoms with E-state index in [1.165, 1.54) is 0 Å². The molecule has 1 saturated heterocycles. The zero-order valence-electron chi connectivity index (χ0n) is 31.3. The Labute approximate surface area is 297 Å². The van der Waals surface area contributed by atoms with Crippen molar-refractivity contribution >= 4 is 23.5 Å². The zero-order valence-corrected chi connectivity index (χ0v) is 31.3. The molecule has 2 unspecified atom stereocenters. The van der Waals surface area contributed by atoms with Gasteiger partial charge >= 0.3 is 6.09 Å². The number of rotatable bonds is 17. The fraction of sp³-hybridized carbons (Fsp3) is 0.595. The highest BCUT2D eigenvalue weighted by atomic mass is 16.6. The molecule has 2 aliphatic rings. The molecule has 1 aliphatic carbocycles. The van der Waals surface area contributed by atoms with E-state index in [1.807, 2.05) is 45.1 Å². The molecule has 50 heavy (non-hydrogen) atoms. The zero-order chi connectivity index (χ0) is 36.3. The highest BCUT2D eigenvalue weighted by Gasteiger charge is 2.54. The van der Waals surface area contributed by atoms with Gasteiger partial charge in [0.1, 0.15) is 17.2 Å². The van der Waals surface area contributed by atoms with E-state index < -0.39 is 17.3 Å². The summed E-state index contributed by atoms with van der Waals surface area (Å²) < 4.78 is 35.4. The number of unbranched alkanes of at least 4 members (excludes halogenated alkanes) is 1. The van der Waals surface area contributed by atoms with Gasteiger partial charge in [-0.2, -0.15) is 4.98 Å². The molecule has 2 atom stereocenters. The lowest BCUT2D eigenvalue weighted by molar-refractivity contribution is -0.131. The average molecular weight is 697 g/mol. The number of piperazine rings is 1. The summed E-state index contributed by atoms with van der Waals surface area (Å²) in [5.41, 5.74) is -1.46. The van der Waals surface area contributed by atoms with Crippen LogP contribution in [0.25, 0.3) is 0 Å². The number of carbonyl (C=O) groups is 1. The maximum atomic E-state index is 14.1. The Morgan fingerprint density at radius 2 is 1.78 bits per heavy atom. The molecule has 2 heterocycles. The predicted molar refractivity (Wildman–Crippen MR) is 195 cm³/mol. The number of benzene rings is 1. The lowest BCUT2D eigenvalue weighted by Crippen LogP contribution is -2.59. The number of aromatic nitrogens is 2. The molecule has 13 nitrogen and oxygen atoms in total. The number of nitrogens with zero attached hydrogens (tertiary/aromatic N) is 5. The predicted octanol–water partition coefficient (Wildman–Crippen LogP) is 5.90. The van der Waals surface area contributed by atoms with Crippen molar-refractivity contribution in [2.45, 2.75) is 58.2 Å². The van der Waals surface area contributed by atoms with Crippen LogP contribution in [0, 0.1) is 5.92 Å². The maximum Gasteiger partial charge on any atom is 0.416 e. The summed E-state index contributed by atoms with van der Waals surface area (Å²) in [5, 5.41) is 3.27. The van der Waals surface area contributed by atoms with Gasteiger partial charge in [0.2, 0.25) is 11.7 Å². The van der Waals surface area contributed by atoms with E-state index >= 15 is 0 Å². The quantitative estimate of drug-likeness (QED) is 0.199. The number of methoxy groups -OCH3 is 4. The summed E-state index contributed by atoms with van der Waals surface area (Å²) >= 11 is 0. The second-order valence-electron chi connectivity index (χ2n) is 13.1. The van der Waals surface area contributed by atoms with E-state index in [0.29, 0.717) is 47.7 Å². The summed E-state index contributed by atoms with van der Waals surface area (Å²) in [6.45, 7) is 14.1. The van der Waals surface area contributed by atoms with Crippen molar-refractivity contribution in [3.8, 4) is 17.2 Å². The van der Waals surface area contributed by atoms with Gasteiger partial charge in [-0.15, -0.1) is 0 Å². The van der Waals surface area contributed by atoms with Gasteiger partial charge in [-0.1, -0.05) is 27.2 Å². The van der Waals surface area contributed by atoms with Gasteiger partial charge in [-0.05, 0) is 51.1 Å². The van der Waals surface area contributed by atoms with Gasteiger partial charge in [0.15, 0.2) is 17.1 Å². The minimum absolute atomic E-state index is 0.133. The van der Waals surface area contributed by atoms with E-state index in [9.17, 15) is 4.79 Å². The number of hydrogen-bond acceptors (Lipinski definition) is 12. The molecule has 1 aromatic heterocycles. The van der Waals surface area contributed by atoms with Crippen LogP contribution in [0.5, 0.6) is 17.2 Å². The number of ether oxygens (including phenoxy) is 6. The van der Waals surface area contributed by atoms with Crippen LogP contribution in [0.2, 0.25) is 0 Å². The average Bonchev–Trinajstić information content (AvgIpc) is 3.11. The molecule has 0 bridgehead atoms. The van der Waals surface area contributed by atoms with Crippen LogP contribution in [0.1, 0.15) is 47.0 Å². The first-order chi connectivity index (χ1) is 24.0. The minimum Gasteiger partial charge on any atom is -0.497 e. The van der Waals surface area contributed by atoms with Crippen molar-refractivity contribution < 1.29 is 33.2 Å². The van der Waals surface area contributed by atoms with Crippen molar-refractivity contribution in [1.29, 1.82) is 0 Å². The van der Waals surface area contributed by atoms with E-state index in [2.05, 4.69) is 34.1 Å². The minimum atomic E-state index is -1.11. The first-order valence-electron chi connectivity index (χ1n) is 17.4. The van der Waals surface area contributed by atoms with E-state index in [1.54, 1.807) is 51.7 Å². The molecule has 1 aliphatic heterocycles. The summed E-state index contributed by atoms with van der Waals surface area (Å²) in [6.07, 6.45) is 9.07. The monoisotopic (exact) mass is 696 g/mol. The summed E-state index contributed by atoms with van der Waals surface area (Å²) in [4.78, 5) is 29.7. The third kappa shape index (κ3) is 8.98. The number of amides is 1. The molecule has 1 amide bonds. The molecular weight excluding hydrogens is 640 g/mol. The Bertz CT molecular complexity index is 1480. The number of likely N-dealkylation sites (N-methyl/N-ethyl adjacent to an activating group) is 1. The maximum absolute atomic E-state index is 14.1. The van der Waals surface area contributed by atoms with Crippen LogP contribution < -0.4 is 24.4 Å². The molecule has 1 aromatic carbocycles. The van der Waals surface area contributed by atoms with Crippen LogP contribution in [0.15, 0.2) is 48.4 Å². The third-order valence-corrected chi connectivity index (χ3v) is 9.51. The van der Waals surface area contributed by atoms with E-state index in [0.717, 1.165) is 52.0 Å². The highest BCUT2D eigenvalue weighted by Crippen LogP contribution is 2.43. The van der Waals surface area contributed by atoms with Gasteiger partial charge in [0, 0.05) is 76.3 Å². The Morgan fingerprint density at radius 1 is 1.04 bits per heavy atom. The van der Waals surface area contributed by atoms with Crippen LogP contribution in [-0.2, 0) is 14.2 Å².